The van der Waals surface area contributed by atoms with Gasteiger partial charge in [-0.15, -0.1) is 0 Å². The number of fused-ring (bicyclic) bond motifs is 5. The molecule has 8 aromatic carbocycles. The van der Waals surface area contributed by atoms with Gasteiger partial charge < -0.3 is 13.7 Å². The van der Waals surface area contributed by atoms with Gasteiger partial charge in [-0.2, -0.15) is 0 Å². The summed E-state index contributed by atoms with van der Waals surface area (Å²) in [5.41, 5.74) is 11.3. The molecular formula is C47H30N2O2. The first kappa shape index (κ1) is 29.0. The minimum atomic E-state index is 0.563. The molecule has 0 amide bonds. The third kappa shape index (κ3) is 5.04. The third-order valence-corrected chi connectivity index (χ3v) is 9.67. The van der Waals surface area contributed by atoms with Crippen LogP contribution in [-0.2, 0) is 0 Å². The van der Waals surface area contributed by atoms with E-state index in [4.69, 9.17) is 13.8 Å². The molecule has 240 valence electrons. The summed E-state index contributed by atoms with van der Waals surface area (Å²) in [7, 11) is 0. The number of hydrogen-bond donors (Lipinski definition) is 0. The summed E-state index contributed by atoms with van der Waals surface area (Å²) in [5, 5.41) is 4.45. The zero-order chi connectivity index (χ0) is 33.7. The van der Waals surface area contributed by atoms with Crippen LogP contribution in [0.2, 0.25) is 0 Å². The fourth-order valence-corrected chi connectivity index (χ4v) is 7.17. The van der Waals surface area contributed by atoms with Crippen molar-refractivity contribution in [3.05, 3.63) is 182 Å². The number of aromatic nitrogens is 1. The van der Waals surface area contributed by atoms with Crippen LogP contribution in [0.3, 0.4) is 0 Å². The van der Waals surface area contributed by atoms with Crippen molar-refractivity contribution in [2.75, 3.05) is 4.90 Å². The van der Waals surface area contributed by atoms with Gasteiger partial charge in [-0.3, -0.25) is 0 Å². The van der Waals surface area contributed by atoms with Crippen LogP contribution in [0.5, 0.6) is 0 Å². The monoisotopic (exact) mass is 654 g/mol. The van der Waals surface area contributed by atoms with Gasteiger partial charge >= 0.3 is 0 Å². The lowest BCUT2D eigenvalue weighted by Gasteiger charge is -2.26. The highest BCUT2D eigenvalue weighted by Crippen LogP contribution is 2.47. The first-order chi connectivity index (χ1) is 25.3. The van der Waals surface area contributed by atoms with Crippen molar-refractivity contribution in [1.29, 1.82) is 0 Å². The van der Waals surface area contributed by atoms with Gasteiger partial charge in [0, 0.05) is 27.7 Å². The molecule has 0 aliphatic heterocycles. The third-order valence-electron chi connectivity index (χ3n) is 9.67. The minimum absolute atomic E-state index is 0.563. The summed E-state index contributed by atoms with van der Waals surface area (Å²) in [6.07, 6.45) is 0. The molecule has 0 bridgehead atoms. The predicted octanol–water partition coefficient (Wildman–Crippen LogP) is 13.4. The van der Waals surface area contributed by atoms with Gasteiger partial charge in [-0.25, -0.2) is 4.98 Å². The van der Waals surface area contributed by atoms with Gasteiger partial charge in [0.25, 0.3) is 0 Å². The molecular weight excluding hydrogens is 625 g/mol. The van der Waals surface area contributed by atoms with Gasteiger partial charge in [-0.05, 0) is 87.6 Å². The predicted molar refractivity (Wildman–Crippen MR) is 210 cm³/mol. The van der Waals surface area contributed by atoms with E-state index in [1.54, 1.807) is 0 Å². The number of furan rings is 1. The molecule has 10 rings (SSSR count). The first-order valence-electron chi connectivity index (χ1n) is 17.1. The highest BCUT2D eigenvalue weighted by atomic mass is 16.4. The quantitative estimate of drug-likeness (QED) is 0.179. The average Bonchev–Trinajstić information content (AvgIpc) is 3.80. The second kappa shape index (κ2) is 11.9. The van der Waals surface area contributed by atoms with E-state index in [9.17, 15) is 0 Å². The lowest BCUT2D eigenvalue weighted by molar-refractivity contribution is 0.620. The smallest absolute Gasteiger partial charge is 0.227 e. The van der Waals surface area contributed by atoms with E-state index in [2.05, 4.69) is 132 Å². The SMILES string of the molecule is c1ccc(-c2cccc(N(c3ccc(-c4ccc5ccccc5c4)cc3)c3c4nc(-c5ccccc5)oc4cc4c3oc3ccccc34)c2)cc1. The summed E-state index contributed by atoms with van der Waals surface area (Å²) < 4.78 is 13.3. The maximum Gasteiger partial charge on any atom is 0.227 e. The Labute approximate surface area is 294 Å². The summed E-state index contributed by atoms with van der Waals surface area (Å²) >= 11 is 0. The van der Waals surface area contributed by atoms with Gasteiger partial charge in [0.05, 0.1) is 0 Å². The van der Waals surface area contributed by atoms with Crippen LogP contribution >= 0.6 is 0 Å². The van der Waals surface area contributed by atoms with Gasteiger partial charge in [0.1, 0.15) is 16.8 Å². The summed E-state index contributed by atoms with van der Waals surface area (Å²) in [5.74, 6) is 0.563. The van der Waals surface area contributed by atoms with Crippen molar-refractivity contribution in [3.63, 3.8) is 0 Å². The fraction of sp³-hybridized carbons (Fsp3) is 0. The van der Waals surface area contributed by atoms with E-state index < -0.39 is 0 Å². The molecule has 0 fully saturated rings. The van der Waals surface area contributed by atoms with E-state index in [-0.39, 0.29) is 0 Å². The number of benzene rings is 8. The molecule has 2 aromatic heterocycles. The number of nitrogens with zero attached hydrogens (tertiary/aromatic N) is 2. The first-order valence-corrected chi connectivity index (χ1v) is 17.1. The topological polar surface area (TPSA) is 42.4 Å². The maximum atomic E-state index is 6.76. The minimum Gasteiger partial charge on any atom is -0.454 e. The number of para-hydroxylation sites is 1. The van der Waals surface area contributed by atoms with Crippen LogP contribution in [0, 0.1) is 0 Å². The van der Waals surface area contributed by atoms with E-state index >= 15 is 0 Å². The van der Waals surface area contributed by atoms with Crippen molar-refractivity contribution in [2.45, 2.75) is 0 Å². The molecule has 0 N–H and O–H groups in total. The molecule has 2 heterocycles. The Kier molecular flexibility index (Phi) is 6.78. The lowest BCUT2D eigenvalue weighted by atomic mass is 10.0. The average molecular weight is 655 g/mol. The van der Waals surface area contributed by atoms with Crippen molar-refractivity contribution in [2.24, 2.45) is 0 Å². The second-order valence-electron chi connectivity index (χ2n) is 12.8. The molecule has 4 nitrogen and oxygen atoms in total. The van der Waals surface area contributed by atoms with E-state index in [1.165, 1.54) is 16.3 Å². The fourth-order valence-electron chi connectivity index (χ4n) is 7.17. The van der Waals surface area contributed by atoms with Crippen LogP contribution in [0.1, 0.15) is 0 Å². The number of oxazole rings is 1. The Bertz CT molecular complexity index is 2850. The summed E-state index contributed by atoms with van der Waals surface area (Å²) in [6.45, 7) is 0. The van der Waals surface area contributed by atoms with Crippen molar-refractivity contribution >= 4 is 60.9 Å². The molecule has 4 heteroatoms. The molecule has 0 aliphatic rings. The normalized spacial score (nSPS) is 11.5. The van der Waals surface area contributed by atoms with Crippen LogP contribution < -0.4 is 4.90 Å². The molecule has 10 aromatic rings. The number of rotatable bonds is 6. The summed E-state index contributed by atoms with van der Waals surface area (Å²) in [6, 6.07) is 63.3. The Balaban J connectivity index is 1.23. The largest absolute Gasteiger partial charge is 0.454 e. The zero-order valence-corrected chi connectivity index (χ0v) is 27.5. The highest BCUT2D eigenvalue weighted by Gasteiger charge is 2.26. The number of hydrogen-bond acceptors (Lipinski definition) is 4. The van der Waals surface area contributed by atoms with Gasteiger partial charge in [0.15, 0.2) is 11.2 Å². The molecule has 0 unspecified atom stereocenters. The van der Waals surface area contributed by atoms with Crippen LogP contribution in [-0.4, -0.2) is 4.98 Å². The van der Waals surface area contributed by atoms with E-state index in [0.717, 1.165) is 66.8 Å². The molecule has 0 atom stereocenters. The van der Waals surface area contributed by atoms with Crippen molar-refractivity contribution < 1.29 is 8.83 Å². The van der Waals surface area contributed by atoms with Crippen LogP contribution in [0.15, 0.2) is 191 Å². The zero-order valence-electron chi connectivity index (χ0n) is 27.5. The van der Waals surface area contributed by atoms with Crippen molar-refractivity contribution in [1.82, 2.24) is 4.98 Å². The molecule has 51 heavy (non-hydrogen) atoms. The van der Waals surface area contributed by atoms with E-state index in [1.807, 2.05) is 54.6 Å². The second-order valence-corrected chi connectivity index (χ2v) is 12.8. The molecule has 0 aliphatic carbocycles. The number of anilines is 3. The Morgan fingerprint density at radius 3 is 1.86 bits per heavy atom. The molecule has 0 saturated heterocycles. The molecule has 0 radical (unpaired) electrons. The Hall–Kier alpha value is -6.91. The van der Waals surface area contributed by atoms with Gasteiger partial charge in [-0.1, -0.05) is 127 Å². The Morgan fingerprint density at radius 1 is 0.392 bits per heavy atom. The molecule has 0 spiro atoms. The Morgan fingerprint density at radius 2 is 1.04 bits per heavy atom. The summed E-state index contributed by atoms with van der Waals surface area (Å²) in [4.78, 5) is 7.45. The molecule has 0 saturated carbocycles. The van der Waals surface area contributed by atoms with Crippen LogP contribution in [0.4, 0.5) is 17.1 Å². The van der Waals surface area contributed by atoms with Crippen molar-refractivity contribution in [3.8, 4) is 33.7 Å². The van der Waals surface area contributed by atoms with Crippen LogP contribution in [0.25, 0.3) is 77.5 Å². The lowest BCUT2D eigenvalue weighted by Crippen LogP contribution is -2.11. The van der Waals surface area contributed by atoms with E-state index in [0.29, 0.717) is 11.5 Å². The van der Waals surface area contributed by atoms with Gasteiger partial charge in [0.2, 0.25) is 5.89 Å². The highest BCUT2D eigenvalue weighted by molar-refractivity contribution is 6.17. The standard InChI is InChI=1S/C47H30N2O2/c1-3-12-31(13-4-1)36-18-11-19-39(29-36)49(38-26-24-33(25-27-38)37-23-22-32-14-7-8-17-35(32)28-37)45-44-43(51-47(48-44)34-15-5-2-6-16-34)30-41-40-20-9-10-21-42(40)50-46(41)45/h1-30H. The maximum absolute atomic E-state index is 6.76.